The van der Waals surface area contributed by atoms with Gasteiger partial charge >= 0.3 is 0 Å². The summed E-state index contributed by atoms with van der Waals surface area (Å²) in [4.78, 5) is 12.7. The van der Waals surface area contributed by atoms with Crippen molar-refractivity contribution in [3.63, 3.8) is 0 Å². The Hall–Kier alpha value is -1.37. The van der Waals surface area contributed by atoms with Crippen molar-refractivity contribution in [3.05, 3.63) is 46.2 Å². The molecule has 0 aliphatic heterocycles. The van der Waals surface area contributed by atoms with Crippen LogP contribution in [-0.2, 0) is 6.42 Å². The van der Waals surface area contributed by atoms with Gasteiger partial charge in [-0.05, 0) is 56.4 Å². The molecular formula is C18H24BrClN4O. The predicted molar refractivity (Wildman–Crippen MR) is 106 cm³/mol. The van der Waals surface area contributed by atoms with Crippen molar-refractivity contribution in [1.82, 2.24) is 15.1 Å². The second-order valence-electron chi connectivity index (χ2n) is 6.33. The molecule has 0 radical (unpaired) electrons. The third-order valence-corrected chi connectivity index (χ3v) is 5.16. The number of carbonyl (C=O) groups excluding carboxylic acids is 1. The van der Waals surface area contributed by atoms with Gasteiger partial charge in [0.25, 0.3) is 5.91 Å². The molecular weight excluding hydrogens is 404 g/mol. The minimum Gasteiger partial charge on any atom is -0.349 e. The maximum absolute atomic E-state index is 12.7. The van der Waals surface area contributed by atoms with E-state index in [1.165, 1.54) is 0 Å². The Morgan fingerprint density at radius 3 is 2.52 bits per heavy atom. The number of amides is 1. The van der Waals surface area contributed by atoms with Crippen molar-refractivity contribution >= 4 is 34.2 Å². The van der Waals surface area contributed by atoms with Crippen LogP contribution in [0.4, 0.5) is 0 Å². The Morgan fingerprint density at radius 1 is 1.28 bits per heavy atom. The molecule has 136 valence electrons. The molecule has 1 aromatic heterocycles. The number of benzene rings is 1. The van der Waals surface area contributed by atoms with Crippen molar-refractivity contribution < 1.29 is 4.79 Å². The number of hydrogen-bond donors (Lipinski definition) is 2. The maximum atomic E-state index is 12.7. The molecule has 3 rings (SSSR count). The molecule has 0 spiro atoms. The standard InChI is InChI=1S/C18H23BrN4O.ClH/c1-2-17-16(18(24)22-14-7-5-13(20)6-8-14)11-21-23(17)15-9-3-12(19)4-10-15;/h3-4,9-11,13-14H,2,5-8,20H2,1H3,(H,22,24);1H. The van der Waals surface area contributed by atoms with E-state index in [9.17, 15) is 4.79 Å². The van der Waals surface area contributed by atoms with Gasteiger partial charge in [-0.2, -0.15) is 5.10 Å². The zero-order chi connectivity index (χ0) is 17.1. The van der Waals surface area contributed by atoms with E-state index in [4.69, 9.17) is 5.73 Å². The van der Waals surface area contributed by atoms with E-state index < -0.39 is 0 Å². The number of carbonyl (C=O) groups is 1. The summed E-state index contributed by atoms with van der Waals surface area (Å²) in [5.74, 6) is -0.0318. The summed E-state index contributed by atoms with van der Waals surface area (Å²) in [6, 6.07) is 8.42. The Morgan fingerprint density at radius 2 is 1.92 bits per heavy atom. The van der Waals surface area contributed by atoms with E-state index in [1.54, 1.807) is 6.20 Å². The summed E-state index contributed by atoms with van der Waals surface area (Å²) in [5, 5.41) is 7.58. The summed E-state index contributed by atoms with van der Waals surface area (Å²) < 4.78 is 2.86. The predicted octanol–water partition coefficient (Wildman–Crippen LogP) is 3.62. The van der Waals surface area contributed by atoms with Crippen molar-refractivity contribution in [2.24, 2.45) is 5.73 Å². The van der Waals surface area contributed by atoms with Crippen LogP contribution < -0.4 is 11.1 Å². The van der Waals surface area contributed by atoms with Gasteiger partial charge in [-0.25, -0.2) is 4.68 Å². The highest BCUT2D eigenvalue weighted by Gasteiger charge is 2.23. The molecule has 3 N–H and O–H groups in total. The minimum atomic E-state index is -0.0318. The summed E-state index contributed by atoms with van der Waals surface area (Å²) in [7, 11) is 0. The summed E-state index contributed by atoms with van der Waals surface area (Å²) in [6.07, 6.45) is 6.27. The van der Waals surface area contributed by atoms with Gasteiger partial charge in [-0.3, -0.25) is 4.79 Å². The monoisotopic (exact) mass is 426 g/mol. The van der Waals surface area contributed by atoms with Gasteiger partial charge in [0.15, 0.2) is 0 Å². The molecule has 25 heavy (non-hydrogen) atoms. The first-order valence-electron chi connectivity index (χ1n) is 8.47. The van der Waals surface area contributed by atoms with E-state index in [0.717, 1.165) is 48.0 Å². The molecule has 0 saturated heterocycles. The Labute approximate surface area is 162 Å². The molecule has 2 aromatic rings. The molecule has 1 amide bonds. The lowest BCUT2D eigenvalue weighted by Crippen LogP contribution is -2.40. The molecule has 1 aliphatic rings. The summed E-state index contributed by atoms with van der Waals surface area (Å²) >= 11 is 3.44. The van der Waals surface area contributed by atoms with Gasteiger partial charge in [0.1, 0.15) is 0 Å². The van der Waals surface area contributed by atoms with Crippen LogP contribution in [0.1, 0.15) is 48.7 Å². The zero-order valence-corrected chi connectivity index (χ0v) is 16.6. The lowest BCUT2D eigenvalue weighted by atomic mass is 9.91. The topological polar surface area (TPSA) is 72.9 Å². The fraction of sp³-hybridized carbons (Fsp3) is 0.444. The van der Waals surface area contributed by atoms with Crippen molar-refractivity contribution in [2.75, 3.05) is 0 Å². The lowest BCUT2D eigenvalue weighted by molar-refractivity contribution is 0.0925. The quantitative estimate of drug-likeness (QED) is 0.782. The first kappa shape index (κ1) is 19.9. The second-order valence-corrected chi connectivity index (χ2v) is 7.25. The van der Waals surface area contributed by atoms with E-state index >= 15 is 0 Å². The highest BCUT2D eigenvalue weighted by molar-refractivity contribution is 9.10. The van der Waals surface area contributed by atoms with Gasteiger partial charge in [-0.15, -0.1) is 12.4 Å². The molecule has 1 aromatic carbocycles. The molecule has 0 unspecified atom stereocenters. The molecule has 1 saturated carbocycles. The van der Waals surface area contributed by atoms with Crippen molar-refractivity contribution in [3.8, 4) is 5.69 Å². The largest absolute Gasteiger partial charge is 0.349 e. The number of nitrogens with two attached hydrogens (primary N) is 1. The molecule has 7 heteroatoms. The number of nitrogens with one attached hydrogen (secondary N) is 1. The van der Waals surface area contributed by atoms with Gasteiger partial charge in [0.05, 0.1) is 23.1 Å². The summed E-state index contributed by atoms with van der Waals surface area (Å²) in [5.41, 5.74) is 8.48. The summed E-state index contributed by atoms with van der Waals surface area (Å²) in [6.45, 7) is 2.04. The third-order valence-electron chi connectivity index (χ3n) is 4.63. The van der Waals surface area contributed by atoms with E-state index in [0.29, 0.717) is 5.56 Å². The van der Waals surface area contributed by atoms with E-state index in [-0.39, 0.29) is 30.4 Å². The van der Waals surface area contributed by atoms with Crippen molar-refractivity contribution in [2.45, 2.75) is 51.1 Å². The van der Waals surface area contributed by atoms with Crippen LogP contribution in [-0.4, -0.2) is 27.8 Å². The first-order valence-corrected chi connectivity index (χ1v) is 9.27. The first-order chi connectivity index (χ1) is 11.6. The Bertz CT molecular complexity index is 708. The van der Waals surface area contributed by atoms with Crippen LogP contribution in [0.3, 0.4) is 0 Å². The van der Waals surface area contributed by atoms with Crippen LogP contribution >= 0.6 is 28.3 Å². The molecule has 1 fully saturated rings. The molecule has 1 heterocycles. The van der Waals surface area contributed by atoms with Crippen LogP contribution in [0.2, 0.25) is 0 Å². The third kappa shape index (κ3) is 4.63. The maximum Gasteiger partial charge on any atom is 0.254 e. The van der Waals surface area contributed by atoms with Crippen LogP contribution in [0.25, 0.3) is 5.69 Å². The SMILES string of the molecule is CCc1c(C(=O)NC2CCC(N)CC2)cnn1-c1ccc(Br)cc1.Cl. The lowest BCUT2D eigenvalue weighted by Gasteiger charge is -2.26. The fourth-order valence-electron chi connectivity index (χ4n) is 3.24. The van der Waals surface area contributed by atoms with E-state index in [2.05, 4.69) is 26.3 Å². The van der Waals surface area contributed by atoms with Gasteiger partial charge in [0.2, 0.25) is 0 Å². The molecule has 5 nitrogen and oxygen atoms in total. The highest BCUT2D eigenvalue weighted by atomic mass is 79.9. The normalized spacial score (nSPS) is 20.0. The second kappa shape index (κ2) is 8.83. The van der Waals surface area contributed by atoms with Gasteiger partial charge < -0.3 is 11.1 Å². The van der Waals surface area contributed by atoms with Gasteiger partial charge in [0, 0.05) is 16.6 Å². The molecule has 1 aliphatic carbocycles. The number of nitrogens with zero attached hydrogens (tertiary/aromatic N) is 2. The average molecular weight is 428 g/mol. The molecule has 0 atom stereocenters. The van der Waals surface area contributed by atoms with E-state index in [1.807, 2.05) is 35.9 Å². The van der Waals surface area contributed by atoms with Gasteiger partial charge in [-0.1, -0.05) is 22.9 Å². The zero-order valence-electron chi connectivity index (χ0n) is 14.2. The number of aromatic nitrogens is 2. The molecule has 0 bridgehead atoms. The highest BCUT2D eigenvalue weighted by Crippen LogP contribution is 2.20. The smallest absolute Gasteiger partial charge is 0.254 e. The fourth-order valence-corrected chi connectivity index (χ4v) is 3.50. The van der Waals surface area contributed by atoms with Crippen LogP contribution in [0, 0.1) is 0 Å². The number of halogens is 2. The number of hydrogen-bond acceptors (Lipinski definition) is 3. The number of rotatable bonds is 4. The average Bonchev–Trinajstić information content (AvgIpc) is 3.01. The Kier molecular flexibility index (Phi) is 7.04. The minimum absolute atomic E-state index is 0. The van der Waals surface area contributed by atoms with Crippen molar-refractivity contribution in [1.29, 1.82) is 0 Å². The van der Waals surface area contributed by atoms with Crippen LogP contribution in [0.5, 0.6) is 0 Å². The Balaban J connectivity index is 0.00000225. The van der Waals surface area contributed by atoms with Crippen LogP contribution in [0.15, 0.2) is 34.9 Å².